The summed E-state index contributed by atoms with van der Waals surface area (Å²) in [6.45, 7) is 9.61. The summed E-state index contributed by atoms with van der Waals surface area (Å²) in [4.78, 5) is 44.8. The van der Waals surface area contributed by atoms with Crippen LogP contribution in [0, 0.1) is 11.8 Å². The molecule has 2 aromatic rings. The van der Waals surface area contributed by atoms with Crippen molar-refractivity contribution in [3.8, 4) is 17.1 Å². The summed E-state index contributed by atoms with van der Waals surface area (Å²) in [5, 5.41) is 5.82. The monoisotopic (exact) mass is 497 g/mol. The number of imidazole rings is 1. The highest BCUT2D eigenvalue weighted by atomic mass is 16.5. The van der Waals surface area contributed by atoms with E-state index in [9.17, 15) is 14.4 Å². The van der Waals surface area contributed by atoms with E-state index < -0.39 is 6.04 Å². The zero-order valence-electron chi connectivity index (χ0n) is 21.8. The molecule has 1 aliphatic heterocycles. The molecule has 2 N–H and O–H groups in total. The molecule has 3 rings (SSSR count). The van der Waals surface area contributed by atoms with Crippen molar-refractivity contribution in [1.82, 2.24) is 25.1 Å². The first kappa shape index (κ1) is 27.2. The molecule has 9 nitrogen and oxygen atoms in total. The highest BCUT2D eigenvalue weighted by molar-refractivity contribution is 5.90. The van der Waals surface area contributed by atoms with Crippen LogP contribution in [0.2, 0.25) is 0 Å². The van der Waals surface area contributed by atoms with Crippen LogP contribution in [0.1, 0.15) is 47.0 Å². The third-order valence-electron chi connectivity index (χ3n) is 5.93. The van der Waals surface area contributed by atoms with E-state index in [1.165, 1.54) is 0 Å². The van der Waals surface area contributed by atoms with Crippen molar-refractivity contribution in [3.63, 3.8) is 0 Å². The van der Waals surface area contributed by atoms with Crippen molar-refractivity contribution >= 4 is 17.7 Å². The number of nitrogens with zero attached hydrogens (tertiary/aromatic N) is 3. The van der Waals surface area contributed by atoms with E-state index in [0.29, 0.717) is 51.3 Å². The van der Waals surface area contributed by atoms with E-state index in [0.717, 1.165) is 11.4 Å². The number of hydrogen-bond donors (Lipinski definition) is 2. The maximum absolute atomic E-state index is 13.0. The summed E-state index contributed by atoms with van der Waals surface area (Å²) in [6.07, 6.45) is 5.06. The van der Waals surface area contributed by atoms with Crippen molar-refractivity contribution in [2.75, 3.05) is 26.2 Å². The van der Waals surface area contributed by atoms with Gasteiger partial charge in [-0.05, 0) is 36.8 Å². The van der Waals surface area contributed by atoms with Gasteiger partial charge in [0.05, 0.1) is 13.2 Å². The number of fused-ring (bicyclic) bond motifs is 4. The molecule has 36 heavy (non-hydrogen) atoms. The number of amides is 3. The lowest BCUT2D eigenvalue weighted by molar-refractivity contribution is -0.137. The smallest absolute Gasteiger partial charge is 0.242 e. The van der Waals surface area contributed by atoms with E-state index >= 15 is 0 Å². The molecular formula is C27H39N5O4. The Morgan fingerprint density at radius 2 is 1.97 bits per heavy atom. The van der Waals surface area contributed by atoms with Crippen LogP contribution in [0.5, 0.6) is 5.75 Å². The number of carbonyl (C=O) groups is 3. The van der Waals surface area contributed by atoms with E-state index in [1.54, 1.807) is 11.1 Å². The largest absolute Gasteiger partial charge is 0.494 e. The number of rotatable bonds is 4. The molecule has 0 fully saturated rings. The van der Waals surface area contributed by atoms with Crippen LogP contribution < -0.4 is 15.4 Å². The van der Waals surface area contributed by atoms with Crippen LogP contribution in [0.4, 0.5) is 0 Å². The molecule has 1 atom stereocenters. The first-order chi connectivity index (χ1) is 17.2. The minimum absolute atomic E-state index is 0.0757. The van der Waals surface area contributed by atoms with Crippen LogP contribution >= 0.6 is 0 Å². The quantitative estimate of drug-likeness (QED) is 0.676. The molecule has 1 aromatic heterocycles. The van der Waals surface area contributed by atoms with E-state index in [2.05, 4.69) is 15.6 Å². The zero-order chi connectivity index (χ0) is 26.1. The predicted molar refractivity (Wildman–Crippen MR) is 138 cm³/mol. The molecule has 1 aromatic carbocycles. The fourth-order valence-electron chi connectivity index (χ4n) is 4.23. The van der Waals surface area contributed by atoms with Gasteiger partial charge in [0, 0.05) is 44.0 Å². The second-order valence-electron chi connectivity index (χ2n) is 10.1. The Kier molecular flexibility index (Phi) is 9.90. The molecule has 2 heterocycles. The Balaban J connectivity index is 1.84. The maximum Gasteiger partial charge on any atom is 0.242 e. The first-order valence-electron chi connectivity index (χ1n) is 12.8. The fourth-order valence-corrected chi connectivity index (χ4v) is 4.23. The Bertz CT molecular complexity index is 1030. The summed E-state index contributed by atoms with van der Waals surface area (Å²) in [5.74, 6) is 1.25. The average Bonchev–Trinajstić information content (AvgIpc) is 3.28. The molecular weight excluding hydrogens is 458 g/mol. The number of aromatic nitrogens is 2. The van der Waals surface area contributed by atoms with Crippen LogP contribution in [0.25, 0.3) is 11.4 Å². The topological polar surface area (TPSA) is 106 Å². The Morgan fingerprint density at radius 3 is 2.72 bits per heavy atom. The Morgan fingerprint density at radius 1 is 1.17 bits per heavy atom. The zero-order valence-corrected chi connectivity index (χ0v) is 21.8. The first-order valence-corrected chi connectivity index (χ1v) is 12.8. The molecule has 9 heteroatoms. The van der Waals surface area contributed by atoms with Gasteiger partial charge in [0.1, 0.15) is 17.6 Å². The molecule has 1 aliphatic rings. The lowest BCUT2D eigenvalue weighted by atomic mass is 10.0. The lowest BCUT2D eigenvalue weighted by Gasteiger charge is -2.26. The highest BCUT2D eigenvalue weighted by Gasteiger charge is 2.24. The van der Waals surface area contributed by atoms with Gasteiger partial charge in [-0.25, -0.2) is 4.98 Å². The molecule has 0 spiro atoms. The molecule has 196 valence electrons. The van der Waals surface area contributed by atoms with Crippen LogP contribution in [-0.4, -0.2) is 64.5 Å². The van der Waals surface area contributed by atoms with Crippen LogP contribution in [0.3, 0.4) is 0 Å². The number of nitrogens with one attached hydrogen (secondary N) is 2. The summed E-state index contributed by atoms with van der Waals surface area (Å²) >= 11 is 0. The van der Waals surface area contributed by atoms with Gasteiger partial charge in [-0.3, -0.25) is 14.4 Å². The predicted octanol–water partition coefficient (Wildman–Crippen LogP) is 2.85. The van der Waals surface area contributed by atoms with Gasteiger partial charge in [0.15, 0.2) is 0 Å². The average molecular weight is 498 g/mol. The van der Waals surface area contributed by atoms with Crippen molar-refractivity contribution in [3.05, 3.63) is 36.7 Å². The molecule has 0 radical (unpaired) electrons. The van der Waals surface area contributed by atoms with Gasteiger partial charge >= 0.3 is 0 Å². The van der Waals surface area contributed by atoms with Gasteiger partial charge in [-0.15, -0.1) is 0 Å². The SMILES string of the molecule is CC(C)CC(=O)N1CCCOc2cccc(c2)-c2nccn2CCNC(=O)[C@@H](CC(C)C)NC(=O)C1. The summed E-state index contributed by atoms with van der Waals surface area (Å²) in [6, 6.07) is 7.06. The summed E-state index contributed by atoms with van der Waals surface area (Å²) in [7, 11) is 0. The van der Waals surface area contributed by atoms with Crippen LogP contribution in [-0.2, 0) is 20.9 Å². The number of ether oxygens (including phenoxy) is 1. The maximum atomic E-state index is 13.0. The van der Waals surface area contributed by atoms with Gasteiger partial charge in [0.2, 0.25) is 17.7 Å². The van der Waals surface area contributed by atoms with Crippen molar-refractivity contribution in [2.24, 2.45) is 11.8 Å². The van der Waals surface area contributed by atoms with Crippen molar-refractivity contribution in [2.45, 2.75) is 59.5 Å². The van der Waals surface area contributed by atoms with Crippen LogP contribution in [0.15, 0.2) is 36.7 Å². The third-order valence-corrected chi connectivity index (χ3v) is 5.93. The normalized spacial score (nSPS) is 18.1. The Hall–Kier alpha value is -3.36. The van der Waals surface area contributed by atoms with E-state index in [-0.39, 0.29) is 36.1 Å². The van der Waals surface area contributed by atoms with Crippen molar-refractivity contribution < 1.29 is 19.1 Å². The number of benzene rings is 1. The molecule has 0 aliphatic carbocycles. The third kappa shape index (κ3) is 8.10. The van der Waals surface area contributed by atoms with Gasteiger partial charge in [-0.1, -0.05) is 39.8 Å². The summed E-state index contributed by atoms with van der Waals surface area (Å²) in [5.41, 5.74) is 0.920. The standard InChI is InChI=1S/C27H39N5O4/c1-19(2)15-23-27(35)29-10-13-31-12-9-28-26(31)21-7-5-8-22(17-21)36-14-6-11-32(18-24(33)30-23)25(34)16-20(3)4/h5,7-9,12,17,19-20,23H,6,10-11,13-16,18H2,1-4H3,(H,29,35)(H,30,33)/t23-/m1/s1. The van der Waals surface area contributed by atoms with E-state index in [1.807, 2.05) is 62.7 Å². The molecule has 0 unspecified atom stereocenters. The molecule has 0 saturated heterocycles. The molecule has 3 amide bonds. The van der Waals surface area contributed by atoms with Gasteiger partial charge in [0.25, 0.3) is 0 Å². The minimum Gasteiger partial charge on any atom is -0.494 e. The van der Waals surface area contributed by atoms with E-state index in [4.69, 9.17) is 4.74 Å². The van der Waals surface area contributed by atoms with Gasteiger partial charge in [-0.2, -0.15) is 0 Å². The number of hydrogen-bond acceptors (Lipinski definition) is 5. The van der Waals surface area contributed by atoms with Gasteiger partial charge < -0.3 is 24.8 Å². The minimum atomic E-state index is -0.666. The molecule has 0 saturated carbocycles. The Labute approximate surface area is 213 Å². The molecule has 2 bridgehead atoms. The second kappa shape index (κ2) is 13.1. The van der Waals surface area contributed by atoms with Crippen molar-refractivity contribution in [1.29, 1.82) is 0 Å². The second-order valence-corrected chi connectivity index (χ2v) is 10.1. The highest BCUT2D eigenvalue weighted by Crippen LogP contribution is 2.23. The summed E-state index contributed by atoms with van der Waals surface area (Å²) < 4.78 is 7.94. The lowest BCUT2D eigenvalue weighted by Crippen LogP contribution is -2.51. The fraction of sp³-hybridized carbons (Fsp3) is 0.556. The number of carbonyl (C=O) groups excluding carboxylic acids is 3.